The molecule has 0 aliphatic carbocycles. The predicted molar refractivity (Wildman–Crippen MR) is 71.3 cm³/mol. The summed E-state index contributed by atoms with van der Waals surface area (Å²) in [4.78, 5) is 15.8. The molecule has 0 atom stereocenters. The van der Waals surface area contributed by atoms with Gasteiger partial charge in [-0.15, -0.1) is 0 Å². The van der Waals surface area contributed by atoms with Crippen molar-refractivity contribution in [3.8, 4) is 0 Å². The molecule has 1 amide bonds. The summed E-state index contributed by atoms with van der Waals surface area (Å²) in [7, 11) is 0. The Morgan fingerprint density at radius 2 is 2.11 bits per heavy atom. The molecule has 18 heavy (non-hydrogen) atoms. The SMILES string of the molecule is O=C(Nc1cccnc1Cl)c1c(F)cccc1Br. The minimum Gasteiger partial charge on any atom is -0.319 e. The van der Waals surface area contributed by atoms with Gasteiger partial charge in [-0.25, -0.2) is 9.37 Å². The lowest BCUT2D eigenvalue weighted by Crippen LogP contribution is -2.15. The van der Waals surface area contributed by atoms with Crippen LogP contribution in [0.25, 0.3) is 0 Å². The summed E-state index contributed by atoms with van der Waals surface area (Å²) in [5.74, 6) is -1.20. The quantitative estimate of drug-likeness (QED) is 0.849. The van der Waals surface area contributed by atoms with Gasteiger partial charge in [0.15, 0.2) is 5.15 Å². The molecule has 0 aliphatic heterocycles. The molecule has 0 saturated carbocycles. The van der Waals surface area contributed by atoms with Crippen LogP contribution in [0.15, 0.2) is 41.0 Å². The standard InChI is InChI=1S/C12H7BrClFN2O/c13-7-3-1-4-8(15)10(7)12(18)17-9-5-2-6-16-11(9)14/h1-6H,(H,17,18). The molecule has 3 nitrogen and oxygen atoms in total. The molecule has 1 N–H and O–H groups in total. The first-order valence-corrected chi connectivity index (χ1v) is 6.12. The highest BCUT2D eigenvalue weighted by Crippen LogP contribution is 2.23. The maximum Gasteiger partial charge on any atom is 0.259 e. The Morgan fingerprint density at radius 3 is 2.78 bits per heavy atom. The summed E-state index contributed by atoms with van der Waals surface area (Å²) < 4.78 is 13.9. The maximum absolute atomic E-state index is 13.6. The number of benzene rings is 1. The molecular weight excluding hydrogens is 322 g/mol. The molecule has 2 rings (SSSR count). The number of amides is 1. The van der Waals surface area contributed by atoms with Gasteiger partial charge in [0.2, 0.25) is 0 Å². The summed E-state index contributed by atoms with van der Waals surface area (Å²) in [5, 5.41) is 2.66. The molecule has 6 heteroatoms. The summed E-state index contributed by atoms with van der Waals surface area (Å²) >= 11 is 8.93. The fourth-order valence-electron chi connectivity index (χ4n) is 1.38. The van der Waals surface area contributed by atoms with E-state index < -0.39 is 11.7 Å². The molecule has 1 heterocycles. The smallest absolute Gasteiger partial charge is 0.259 e. The van der Waals surface area contributed by atoms with Gasteiger partial charge in [0.25, 0.3) is 5.91 Å². The topological polar surface area (TPSA) is 42.0 Å². The Kier molecular flexibility index (Phi) is 3.93. The second-order valence-electron chi connectivity index (χ2n) is 3.39. The summed E-state index contributed by atoms with van der Waals surface area (Å²) in [5.41, 5.74) is 0.261. The molecule has 0 spiro atoms. The largest absolute Gasteiger partial charge is 0.319 e. The van der Waals surface area contributed by atoms with Gasteiger partial charge in [0.05, 0.1) is 11.3 Å². The lowest BCUT2D eigenvalue weighted by atomic mass is 10.2. The third-order valence-corrected chi connectivity index (χ3v) is 3.16. The lowest BCUT2D eigenvalue weighted by Gasteiger charge is -2.08. The zero-order valence-electron chi connectivity index (χ0n) is 8.95. The monoisotopic (exact) mass is 328 g/mol. The Hall–Kier alpha value is -1.46. The van der Waals surface area contributed by atoms with Crippen LogP contribution in [0.2, 0.25) is 5.15 Å². The van der Waals surface area contributed by atoms with Crippen LogP contribution in [0.4, 0.5) is 10.1 Å². The number of hydrogen-bond acceptors (Lipinski definition) is 2. The number of rotatable bonds is 2. The molecule has 0 unspecified atom stereocenters. The fourth-order valence-corrected chi connectivity index (χ4v) is 2.07. The van der Waals surface area contributed by atoms with Crippen molar-refractivity contribution in [3.63, 3.8) is 0 Å². The summed E-state index contributed by atoms with van der Waals surface area (Å²) in [6.45, 7) is 0. The Balaban J connectivity index is 2.31. The van der Waals surface area contributed by atoms with E-state index in [4.69, 9.17) is 11.6 Å². The molecule has 92 valence electrons. The van der Waals surface area contributed by atoms with Crippen molar-refractivity contribution in [2.75, 3.05) is 5.32 Å². The normalized spacial score (nSPS) is 10.2. The Labute approximate surface area is 116 Å². The van der Waals surface area contributed by atoms with Crippen molar-refractivity contribution >= 4 is 39.1 Å². The molecule has 0 radical (unpaired) electrons. The van der Waals surface area contributed by atoms with Gasteiger partial charge in [-0.2, -0.15) is 0 Å². The molecule has 0 fully saturated rings. The number of aromatic nitrogens is 1. The molecule has 0 saturated heterocycles. The van der Waals surface area contributed by atoms with E-state index in [1.165, 1.54) is 18.3 Å². The number of nitrogens with zero attached hydrogens (tertiary/aromatic N) is 1. The molecule has 1 aromatic carbocycles. The van der Waals surface area contributed by atoms with Crippen LogP contribution in [-0.4, -0.2) is 10.9 Å². The van der Waals surface area contributed by atoms with E-state index in [0.717, 1.165) is 0 Å². The van der Waals surface area contributed by atoms with E-state index in [0.29, 0.717) is 10.2 Å². The minimum absolute atomic E-state index is 0.0718. The van der Waals surface area contributed by atoms with Gasteiger partial charge in [0, 0.05) is 10.7 Å². The van der Waals surface area contributed by atoms with Gasteiger partial charge >= 0.3 is 0 Å². The minimum atomic E-state index is -0.609. The second-order valence-corrected chi connectivity index (χ2v) is 4.60. The van der Waals surface area contributed by atoms with Gasteiger partial charge in [0.1, 0.15) is 5.82 Å². The van der Waals surface area contributed by atoms with Crippen LogP contribution < -0.4 is 5.32 Å². The number of carbonyl (C=O) groups is 1. The van der Waals surface area contributed by atoms with E-state index >= 15 is 0 Å². The molecule has 2 aromatic rings. The third-order valence-electron chi connectivity index (χ3n) is 2.20. The number of carbonyl (C=O) groups excluding carboxylic acids is 1. The van der Waals surface area contributed by atoms with Crippen molar-refractivity contribution in [1.82, 2.24) is 4.98 Å². The zero-order chi connectivity index (χ0) is 13.1. The second kappa shape index (κ2) is 5.46. The number of pyridine rings is 1. The van der Waals surface area contributed by atoms with Crippen molar-refractivity contribution in [2.24, 2.45) is 0 Å². The predicted octanol–water partition coefficient (Wildman–Crippen LogP) is 3.89. The van der Waals surface area contributed by atoms with Crippen LogP contribution in [0.5, 0.6) is 0 Å². The molecule has 0 bridgehead atoms. The van der Waals surface area contributed by atoms with Gasteiger partial charge in [-0.3, -0.25) is 4.79 Å². The molecular formula is C12H7BrClFN2O. The van der Waals surface area contributed by atoms with E-state index in [9.17, 15) is 9.18 Å². The summed E-state index contributed by atoms with van der Waals surface area (Å²) in [6.07, 6.45) is 1.50. The van der Waals surface area contributed by atoms with E-state index in [-0.39, 0.29) is 10.7 Å². The first-order valence-electron chi connectivity index (χ1n) is 4.95. The number of anilines is 1. The van der Waals surface area contributed by atoms with Crippen LogP contribution in [0.1, 0.15) is 10.4 Å². The number of halogens is 3. The maximum atomic E-state index is 13.6. The van der Waals surface area contributed by atoms with E-state index in [1.807, 2.05) is 0 Å². The molecule has 1 aromatic heterocycles. The van der Waals surface area contributed by atoms with E-state index in [2.05, 4.69) is 26.2 Å². The highest BCUT2D eigenvalue weighted by atomic mass is 79.9. The van der Waals surface area contributed by atoms with Crippen molar-refractivity contribution in [2.45, 2.75) is 0 Å². The first kappa shape index (κ1) is 13.0. The first-order chi connectivity index (χ1) is 8.59. The van der Waals surface area contributed by atoms with Crippen LogP contribution in [-0.2, 0) is 0 Å². The Bertz CT molecular complexity index is 586. The zero-order valence-corrected chi connectivity index (χ0v) is 11.3. The van der Waals surface area contributed by atoms with Crippen molar-refractivity contribution < 1.29 is 9.18 Å². The van der Waals surface area contributed by atoms with Gasteiger partial charge in [-0.1, -0.05) is 17.7 Å². The number of hydrogen-bond donors (Lipinski definition) is 1. The van der Waals surface area contributed by atoms with Crippen LogP contribution in [0, 0.1) is 5.82 Å². The lowest BCUT2D eigenvalue weighted by molar-refractivity contribution is 0.102. The third kappa shape index (κ3) is 2.68. The molecule has 0 aliphatic rings. The average molecular weight is 330 g/mol. The van der Waals surface area contributed by atoms with Crippen molar-refractivity contribution in [1.29, 1.82) is 0 Å². The fraction of sp³-hybridized carbons (Fsp3) is 0. The highest BCUT2D eigenvalue weighted by Gasteiger charge is 2.16. The highest BCUT2D eigenvalue weighted by molar-refractivity contribution is 9.10. The van der Waals surface area contributed by atoms with Crippen molar-refractivity contribution in [3.05, 3.63) is 57.5 Å². The van der Waals surface area contributed by atoms with Crippen LogP contribution >= 0.6 is 27.5 Å². The number of nitrogens with one attached hydrogen (secondary N) is 1. The van der Waals surface area contributed by atoms with Gasteiger partial charge < -0.3 is 5.32 Å². The van der Waals surface area contributed by atoms with Crippen LogP contribution in [0.3, 0.4) is 0 Å². The van der Waals surface area contributed by atoms with E-state index in [1.54, 1.807) is 18.2 Å². The average Bonchev–Trinajstić information content (AvgIpc) is 2.32. The summed E-state index contributed by atoms with van der Waals surface area (Å²) in [6, 6.07) is 7.51. The Morgan fingerprint density at radius 1 is 1.33 bits per heavy atom. The van der Waals surface area contributed by atoms with Gasteiger partial charge in [-0.05, 0) is 40.2 Å².